The Morgan fingerprint density at radius 3 is 3.12 bits per heavy atom. The number of carbonyl (C=O) groups excluding carboxylic acids is 1. The summed E-state index contributed by atoms with van der Waals surface area (Å²) in [5.74, 6) is 1.60. The van der Waals surface area contributed by atoms with E-state index in [0.29, 0.717) is 12.5 Å². The second-order valence-corrected chi connectivity index (χ2v) is 4.57. The Kier molecular flexibility index (Phi) is 4.08. The van der Waals surface area contributed by atoms with Gasteiger partial charge in [-0.2, -0.15) is 5.10 Å². The number of nitrogens with zero attached hydrogens (tertiary/aromatic N) is 2. The first-order chi connectivity index (χ1) is 8.27. The normalized spacial score (nSPS) is 23.8. The molecule has 94 valence electrons. The van der Waals surface area contributed by atoms with Gasteiger partial charge in [-0.1, -0.05) is 6.92 Å². The van der Waals surface area contributed by atoms with Gasteiger partial charge in [0.05, 0.1) is 5.92 Å². The van der Waals surface area contributed by atoms with Crippen molar-refractivity contribution in [1.82, 2.24) is 25.8 Å². The van der Waals surface area contributed by atoms with Crippen molar-refractivity contribution in [2.45, 2.75) is 19.8 Å². The van der Waals surface area contributed by atoms with Crippen molar-refractivity contribution in [2.75, 3.05) is 19.6 Å². The number of hydrogen-bond acceptors (Lipinski definition) is 4. The molecule has 1 amide bonds. The lowest BCUT2D eigenvalue weighted by Crippen LogP contribution is -2.35. The Bertz CT molecular complexity index is 351. The minimum Gasteiger partial charge on any atom is -0.356 e. The number of H-pyrrole nitrogens is 1. The molecule has 1 aliphatic heterocycles. The minimum atomic E-state index is 0.125. The third-order valence-corrected chi connectivity index (χ3v) is 3.21. The number of aromatic nitrogens is 3. The van der Waals surface area contributed by atoms with Crippen molar-refractivity contribution < 1.29 is 4.79 Å². The van der Waals surface area contributed by atoms with Crippen LogP contribution in [0.15, 0.2) is 6.33 Å². The van der Waals surface area contributed by atoms with E-state index < -0.39 is 0 Å². The maximum absolute atomic E-state index is 11.8. The van der Waals surface area contributed by atoms with Gasteiger partial charge in [0.25, 0.3) is 0 Å². The van der Waals surface area contributed by atoms with Gasteiger partial charge in [0.1, 0.15) is 12.2 Å². The first-order valence-corrected chi connectivity index (χ1v) is 6.10. The molecule has 0 radical (unpaired) electrons. The highest BCUT2D eigenvalue weighted by Crippen LogP contribution is 2.15. The summed E-state index contributed by atoms with van der Waals surface area (Å²) in [7, 11) is 0. The molecule has 6 heteroatoms. The zero-order chi connectivity index (χ0) is 12.1. The Labute approximate surface area is 101 Å². The van der Waals surface area contributed by atoms with Crippen LogP contribution >= 0.6 is 0 Å². The first kappa shape index (κ1) is 12.0. The second kappa shape index (κ2) is 5.77. The quantitative estimate of drug-likeness (QED) is 0.615. The SMILES string of the molecule is CC1CNCC1C(=O)NCCCc1ncn[nH]1. The zero-order valence-electron chi connectivity index (χ0n) is 10.1. The Hall–Kier alpha value is -1.43. The largest absolute Gasteiger partial charge is 0.356 e. The van der Waals surface area contributed by atoms with E-state index in [1.165, 1.54) is 6.33 Å². The van der Waals surface area contributed by atoms with E-state index in [-0.39, 0.29) is 11.8 Å². The molecule has 3 N–H and O–H groups in total. The molecule has 0 spiro atoms. The van der Waals surface area contributed by atoms with Crippen LogP contribution in [0.3, 0.4) is 0 Å². The van der Waals surface area contributed by atoms with Gasteiger partial charge in [-0.3, -0.25) is 9.89 Å². The summed E-state index contributed by atoms with van der Waals surface area (Å²) in [5, 5.41) is 12.8. The molecule has 1 aliphatic rings. The van der Waals surface area contributed by atoms with Crippen LogP contribution in [-0.4, -0.2) is 40.7 Å². The van der Waals surface area contributed by atoms with E-state index >= 15 is 0 Å². The van der Waals surface area contributed by atoms with Crippen LogP contribution in [0.25, 0.3) is 0 Å². The molecule has 0 aliphatic carbocycles. The average molecular weight is 237 g/mol. The number of aryl methyl sites for hydroxylation is 1. The highest BCUT2D eigenvalue weighted by Gasteiger charge is 2.28. The average Bonchev–Trinajstić information content (AvgIpc) is 2.95. The maximum atomic E-state index is 11.8. The summed E-state index contributed by atoms with van der Waals surface area (Å²) in [4.78, 5) is 15.9. The third kappa shape index (κ3) is 3.26. The van der Waals surface area contributed by atoms with Crippen LogP contribution in [0, 0.1) is 11.8 Å². The minimum absolute atomic E-state index is 0.125. The molecule has 1 fully saturated rings. The van der Waals surface area contributed by atoms with Crippen LogP contribution < -0.4 is 10.6 Å². The van der Waals surface area contributed by atoms with Crippen LogP contribution in [0.2, 0.25) is 0 Å². The fraction of sp³-hybridized carbons (Fsp3) is 0.727. The molecule has 0 aromatic carbocycles. The molecule has 0 bridgehead atoms. The van der Waals surface area contributed by atoms with E-state index in [1.54, 1.807) is 0 Å². The van der Waals surface area contributed by atoms with Crippen molar-refractivity contribution >= 4 is 5.91 Å². The molecular weight excluding hydrogens is 218 g/mol. The number of nitrogens with one attached hydrogen (secondary N) is 3. The van der Waals surface area contributed by atoms with E-state index in [2.05, 4.69) is 32.7 Å². The summed E-state index contributed by atoms with van der Waals surface area (Å²) in [6.45, 7) is 4.55. The number of amides is 1. The Morgan fingerprint density at radius 2 is 2.47 bits per heavy atom. The van der Waals surface area contributed by atoms with Gasteiger partial charge in [0.15, 0.2) is 0 Å². The van der Waals surface area contributed by atoms with Gasteiger partial charge in [-0.25, -0.2) is 4.98 Å². The topological polar surface area (TPSA) is 82.7 Å². The molecule has 2 atom stereocenters. The molecule has 1 aromatic rings. The first-order valence-electron chi connectivity index (χ1n) is 6.10. The number of rotatable bonds is 5. The fourth-order valence-corrected chi connectivity index (χ4v) is 2.11. The van der Waals surface area contributed by atoms with Crippen molar-refractivity contribution in [3.05, 3.63) is 12.2 Å². The third-order valence-electron chi connectivity index (χ3n) is 3.21. The predicted octanol–water partition coefficient (Wildman–Crippen LogP) is -0.291. The smallest absolute Gasteiger partial charge is 0.224 e. The monoisotopic (exact) mass is 237 g/mol. The summed E-state index contributed by atoms with van der Waals surface area (Å²) in [6, 6.07) is 0. The van der Waals surface area contributed by atoms with E-state index in [4.69, 9.17) is 0 Å². The lowest BCUT2D eigenvalue weighted by Gasteiger charge is -2.13. The highest BCUT2D eigenvalue weighted by atomic mass is 16.1. The van der Waals surface area contributed by atoms with Crippen molar-refractivity contribution in [1.29, 1.82) is 0 Å². The molecule has 2 rings (SSSR count). The number of aromatic amines is 1. The predicted molar refractivity (Wildman–Crippen MR) is 63.2 cm³/mol. The molecule has 6 nitrogen and oxygen atoms in total. The van der Waals surface area contributed by atoms with Crippen molar-refractivity contribution in [3.8, 4) is 0 Å². The van der Waals surface area contributed by atoms with Crippen LogP contribution in [0.1, 0.15) is 19.2 Å². The van der Waals surface area contributed by atoms with Crippen LogP contribution in [0.5, 0.6) is 0 Å². The zero-order valence-corrected chi connectivity index (χ0v) is 10.1. The van der Waals surface area contributed by atoms with Crippen molar-refractivity contribution in [3.63, 3.8) is 0 Å². The summed E-state index contributed by atoms with van der Waals surface area (Å²) >= 11 is 0. The second-order valence-electron chi connectivity index (χ2n) is 4.57. The van der Waals surface area contributed by atoms with Crippen LogP contribution in [0.4, 0.5) is 0 Å². The van der Waals surface area contributed by atoms with Gasteiger partial charge in [-0.15, -0.1) is 0 Å². The van der Waals surface area contributed by atoms with Crippen LogP contribution in [-0.2, 0) is 11.2 Å². The van der Waals surface area contributed by atoms with Gasteiger partial charge in [-0.05, 0) is 18.9 Å². The molecular formula is C11H19N5O. The number of carbonyl (C=O) groups is 1. The van der Waals surface area contributed by atoms with E-state index in [0.717, 1.165) is 31.8 Å². The van der Waals surface area contributed by atoms with Gasteiger partial charge in [0, 0.05) is 19.5 Å². The van der Waals surface area contributed by atoms with Gasteiger partial charge >= 0.3 is 0 Å². The molecule has 1 aromatic heterocycles. The van der Waals surface area contributed by atoms with Crippen molar-refractivity contribution in [2.24, 2.45) is 11.8 Å². The summed E-state index contributed by atoms with van der Waals surface area (Å²) in [5.41, 5.74) is 0. The van der Waals surface area contributed by atoms with E-state index in [9.17, 15) is 4.79 Å². The summed E-state index contributed by atoms with van der Waals surface area (Å²) < 4.78 is 0. The molecule has 2 heterocycles. The summed E-state index contributed by atoms with van der Waals surface area (Å²) in [6.07, 6.45) is 3.20. The number of hydrogen-bond donors (Lipinski definition) is 3. The maximum Gasteiger partial charge on any atom is 0.224 e. The Balaban J connectivity index is 1.63. The molecule has 17 heavy (non-hydrogen) atoms. The van der Waals surface area contributed by atoms with E-state index in [1.807, 2.05) is 0 Å². The lowest BCUT2D eigenvalue weighted by atomic mass is 9.97. The van der Waals surface area contributed by atoms with Gasteiger partial charge < -0.3 is 10.6 Å². The molecule has 2 unspecified atom stereocenters. The standard InChI is InChI=1S/C11H19N5O/c1-8-5-12-6-9(8)11(17)13-4-2-3-10-14-7-15-16-10/h7-9,12H,2-6H2,1H3,(H,13,17)(H,14,15,16). The molecule has 0 saturated carbocycles. The van der Waals surface area contributed by atoms with Gasteiger partial charge in [0.2, 0.25) is 5.91 Å². The highest BCUT2D eigenvalue weighted by molar-refractivity contribution is 5.79. The lowest BCUT2D eigenvalue weighted by molar-refractivity contribution is -0.125. The fourth-order valence-electron chi connectivity index (χ4n) is 2.11. The Morgan fingerprint density at radius 1 is 1.59 bits per heavy atom. The molecule has 1 saturated heterocycles.